The molecule has 0 bridgehead atoms. The van der Waals surface area contributed by atoms with E-state index in [0.717, 1.165) is 4.90 Å². The average Bonchev–Trinajstić information content (AvgIpc) is 2.20. The van der Waals surface area contributed by atoms with Crippen molar-refractivity contribution in [1.82, 2.24) is 4.90 Å². The van der Waals surface area contributed by atoms with Crippen LogP contribution >= 0.6 is 0 Å². The minimum absolute atomic E-state index is 0.0795. The molecule has 0 aliphatic heterocycles. The maximum atomic E-state index is 11.2. The van der Waals surface area contributed by atoms with Gasteiger partial charge in [-0.1, -0.05) is 12.7 Å². The van der Waals surface area contributed by atoms with E-state index in [4.69, 9.17) is 10.00 Å². The SMILES string of the molecule is C=CCOC(=O)N(CC#N)CCC=O. The maximum Gasteiger partial charge on any atom is 0.410 e. The van der Waals surface area contributed by atoms with E-state index in [-0.39, 0.29) is 26.1 Å². The Kier molecular flexibility index (Phi) is 6.78. The Morgan fingerprint density at radius 3 is 2.86 bits per heavy atom. The minimum Gasteiger partial charge on any atom is -0.445 e. The molecule has 1 amide bonds. The molecule has 0 N–H and O–H groups in total. The lowest BCUT2D eigenvalue weighted by atomic mass is 10.4. The smallest absolute Gasteiger partial charge is 0.410 e. The molecule has 0 heterocycles. The van der Waals surface area contributed by atoms with Crippen LogP contribution in [0.25, 0.3) is 0 Å². The van der Waals surface area contributed by atoms with Gasteiger partial charge in [-0.05, 0) is 0 Å². The molecule has 0 aromatic heterocycles. The van der Waals surface area contributed by atoms with Crippen LogP contribution in [0.15, 0.2) is 12.7 Å². The van der Waals surface area contributed by atoms with Crippen molar-refractivity contribution in [3.05, 3.63) is 12.7 Å². The van der Waals surface area contributed by atoms with Crippen molar-refractivity contribution >= 4 is 12.4 Å². The number of hydrogen-bond donors (Lipinski definition) is 0. The van der Waals surface area contributed by atoms with Crippen LogP contribution < -0.4 is 0 Å². The molecular formula is C9H12N2O3. The second-order valence-corrected chi connectivity index (χ2v) is 2.40. The first-order chi connectivity index (χ1) is 6.76. The summed E-state index contributed by atoms with van der Waals surface area (Å²) in [5.41, 5.74) is 0. The van der Waals surface area contributed by atoms with Crippen LogP contribution in [-0.4, -0.2) is 37.0 Å². The fourth-order valence-corrected chi connectivity index (χ4v) is 0.750. The van der Waals surface area contributed by atoms with Crippen LogP contribution in [0, 0.1) is 11.3 Å². The summed E-state index contributed by atoms with van der Waals surface area (Å²) in [6.45, 7) is 3.60. The first-order valence-electron chi connectivity index (χ1n) is 4.09. The third-order valence-corrected chi connectivity index (χ3v) is 1.36. The van der Waals surface area contributed by atoms with Gasteiger partial charge in [0.05, 0.1) is 6.07 Å². The average molecular weight is 196 g/mol. The second kappa shape index (κ2) is 7.80. The zero-order valence-corrected chi connectivity index (χ0v) is 7.81. The molecule has 0 unspecified atom stereocenters. The summed E-state index contributed by atoms with van der Waals surface area (Å²) in [6, 6.07) is 1.82. The summed E-state index contributed by atoms with van der Waals surface area (Å²) < 4.78 is 4.70. The summed E-state index contributed by atoms with van der Waals surface area (Å²) in [5.74, 6) is 0. The van der Waals surface area contributed by atoms with E-state index in [1.54, 1.807) is 0 Å². The summed E-state index contributed by atoms with van der Waals surface area (Å²) >= 11 is 0. The van der Waals surface area contributed by atoms with Crippen molar-refractivity contribution in [1.29, 1.82) is 5.26 Å². The third-order valence-electron chi connectivity index (χ3n) is 1.36. The van der Waals surface area contributed by atoms with Gasteiger partial charge in [-0.3, -0.25) is 4.90 Å². The van der Waals surface area contributed by atoms with Crippen molar-refractivity contribution in [3.63, 3.8) is 0 Å². The predicted molar refractivity (Wildman–Crippen MR) is 49.4 cm³/mol. The van der Waals surface area contributed by atoms with Crippen molar-refractivity contribution in [3.8, 4) is 6.07 Å². The molecule has 0 atom stereocenters. The molecule has 0 aromatic rings. The third kappa shape index (κ3) is 4.93. The number of carbonyl (C=O) groups is 2. The van der Waals surface area contributed by atoms with Crippen LogP contribution in [0.2, 0.25) is 0 Å². The number of rotatable bonds is 6. The predicted octanol–water partition coefficient (Wildman–Crippen LogP) is 0.724. The summed E-state index contributed by atoms with van der Waals surface area (Å²) in [5, 5.41) is 8.40. The molecule has 0 aliphatic carbocycles. The first kappa shape index (κ1) is 12.2. The van der Waals surface area contributed by atoms with E-state index < -0.39 is 6.09 Å². The number of nitriles is 1. The van der Waals surface area contributed by atoms with Crippen molar-refractivity contribution < 1.29 is 14.3 Å². The van der Waals surface area contributed by atoms with Crippen LogP contribution in [-0.2, 0) is 9.53 Å². The summed E-state index contributed by atoms with van der Waals surface area (Å²) in [6.07, 6.45) is 1.71. The van der Waals surface area contributed by atoms with Crippen molar-refractivity contribution in [2.75, 3.05) is 19.7 Å². The van der Waals surface area contributed by atoms with Gasteiger partial charge in [0.15, 0.2) is 0 Å². The molecule has 76 valence electrons. The highest BCUT2D eigenvalue weighted by atomic mass is 16.6. The van der Waals surface area contributed by atoms with E-state index in [1.165, 1.54) is 6.08 Å². The number of aldehydes is 1. The van der Waals surface area contributed by atoms with E-state index in [1.807, 2.05) is 6.07 Å². The maximum absolute atomic E-state index is 11.2. The Labute approximate surface area is 82.6 Å². The van der Waals surface area contributed by atoms with Gasteiger partial charge < -0.3 is 9.53 Å². The standard InChI is InChI=1S/C9H12N2O3/c1-2-8-14-9(13)11(6-4-10)5-3-7-12/h2,7H,1,3,5-6,8H2. The monoisotopic (exact) mass is 196 g/mol. The zero-order chi connectivity index (χ0) is 10.8. The van der Waals surface area contributed by atoms with E-state index in [0.29, 0.717) is 6.29 Å². The van der Waals surface area contributed by atoms with Crippen LogP contribution in [0.3, 0.4) is 0 Å². The quantitative estimate of drug-likeness (QED) is 0.356. The van der Waals surface area contributed by atoms with Crippen LogP contribution in [0.4, 0.5) is 4.79 Å². The number of ether oxygens (including phenoxy) is 1. The lowest BCUT2D eigenvalue weighted by molar-refractivity contribution is -0.108. The Bertz CT molecular complexity index is 245. The highest BCUT2D eigenvalue weighted by molar-refractivity contribution is 5.68. The molecule has 14 heavy (non-hydrogen) atoms. The zero-order valence-electron chi connectivity index (χ0n) is 7.81. The van der Waals surface area contributed by atoms with E-state index >= 15 is 0 Å². The molecule has 0 saturated carbocycles. The highest BCUT2D eigenvalue weighted by Crippen LogP contribution is 1.95. The van der Waals surface area contributed by atoms with Gasteiger partial charge in [-0.15, -0.1) is 0 Å². The molecule has 5 nitrogen and oxygen atoms in total. The largest absolute Gasteiger partial charge is 0.445 e. The number of amides is 1. The topological polar surface area (TPSA) is 70.4 Å². The van der Waals surface area contributed by atoms with E-state index in [2.05, 4.69) is 6.58 Å². The van der Waals surface area contributed by atoms with Crippen LogP contribution in [0.5, 0.6) is 0 Å². The van der Waals surface area contributed by atoms with Gasteiger partial charge in [0.1, 0.15) is 19.4 Å². The van der Waals surface area contributed by atoms with Gasteiger partial charge in [0.2, 0.25) is 0 Å². The van der Waals surface area contributed by atoms with Crippen molar-refractivity contribution in [2.24, 2.45) is 0 Å². The normalized spacial score (nSPS) is 8.50. The molecule has 0 spiro atoms. The molecule has 0 rings (SSSR count). The Morgan fingerprint density at radius 2 is 2.36 bits per heavy atom. The van der Waals surface area contributed by atoms with E-state index in [9.17, 15) is 9.59 Å². The molecule has 5 heteroatoms. The van der Waals surface area contributed by atoms with Gasteiger partial charge in [0.25, 0.3) is 0 Å². The molecule has 0 aromatic carbocycles. The minimum atomic E-state index is -0.603. The van der Waals surface area contributed by atoms with Gasteiger partial charge in [-0.2, -0.15) is 5.26 Å². The number of nitrogens with zero attached hydrogens (tertiary/aromatic N) is 2. The Hall–Kier alpha value is -1.83. The summed E-state index contributed by atoms with van der Waals surface area (Å²) in [7, 11) is 0. The number of carbonyl (C=O) groups excluding carboxylic acids is 2. The second-order valence-electron chi connectivity index (χ2n) is 2.40. The molecule has 0 saturated heterocycles. The van der Waals surface area contributed by atoms with Gasteiger partial charge in [0, 0.05) is 13.0 Å². The Balaban J connectivity index is 4.03. The van der Waals surface area contributed by atoms with Gasteiger partial charge >= 0.3 is 6.09 Å². The summed E-state index contributed by atoms with van der Waals surface area (Å²) in [4.78, 5) is 22.4. The van der Waals surface area contributed by atoms with Crippen LogP contribution in [0.1, 0.15) is 6.42 Å². The lowest BCUT2D eigenvalue weighted by Crippen LogP contribution is -2.33. The molecular weight excluding hydrogens is 184 g/mol. The molecule has 0 fully saturated rings. The molecule has 0 radical (unpaired) electrons. The Morgan fingerprint density at radius 1 is 1.64 bits per heavy atom. The lowest BCUT2D eigenvalue weighted by Gasteiger charge is -2.16. The fourth-order valence-electron chi connectivity index (χ4n) is 0.750. The first-order valence-corrected chi connectivity index (χ1v) is 4.09. The van der Waals surface area contributed by atoms with Gasteiger partial charge in [-0.25, -0.2) is 4.79 Å². The molecule has 0 aliphatic rings. The number of hydrogen-bond acceptors (Lipinski definition) is 4. The van der Waals surface area contributed by atoms with Crippen molar-refractivity contribution in [2.45, 2.75) is 6.42 Å². The fraction of sp³-hybridized carbons (Fsp3) is 0.444. The highest BCUT2D eigenvalue weighted by Gasteiger charge is 2.12.